The molecule has 2 amide bonds. The number of carbonyl (C=O) groups is 3. The van der Waals surface area contributed by atoms with E-state index in [0.29, 0.717) is 6.54 Å². The average molecular weight is 300 g/mol. The minimum atomic E-state index is -0.942. The van der Waals surface area contributed by atoms with Gasteiger partial charge in [-0.1, -0.05) is 34.6 Å². The molecule has 0 spiro atoms. The quantitative estimate of drug-likeness (QED) is 0.746. The molecule has 0 radical (unpaired) electrons. The normalized spacial score (nSPS) is 12.9. The Hall–Kier alpha value is -1.59. The van der Waals surface area contributed by atoms with Crippen LogP contribution in [0.15, 0.2) is 0 Å². The molecule has 0 aliphatic rings. The largest absolute Gasteiger partial charge is 0.481 e. The maximum absolute atomic E-state index is 12.4. The Morgan fingerprint density at radius 2 is 1.67 bits per heavy atom. The topological polar surface area (TPSA) is 86.7 Å². The number of carboxylic acids is 1. The molecule has 0 aliphatic heterocycles. The molecule has 122 valence electrons. The Balaban J connectivity index is 4.77. The van der Waals surface area contributed by atoms with Gasteiger partial charge in [-0.15, -0.1) is 0 Å². The monoisotopic (exact) mass is 300 g/mol. The fraction of sp³-hybridized carbons (Fsp3) is 0.800. The van der Waals surface area contributed by atoms with Gasteiger partial charge in [-0.3, -0.25) is 14.4 Å². The van der Waals surface area contributed by atoms with Crippen LogP contribution >= 0.6 is 0 Å². The van der Waals surface area contributed by atoms with Crippen LogP contribution in [0.3, 0.4) is 0 Å². The average Bonchev–Trinajstić information content (AvgIpc) is 2.31. The molecule has 0 saturated heterocycles. The number of nitrogens with zero attached hydrogens (tertiary/aromatic N) is 1. The first-order valence-corrected chi connectivity index (χ1v) is 7.26. The molecule has 0 bridgehead atoms. The van der Waals surface area contributed by atoms with Crippen LogP contribution in [0.5, 0.6) is 0 Å². The summed E-state index contributed by atoms with van der Waals surface area (Å²) in [5.41, 5.74) is -0.571. The van der Waals surface area contributed by atoms with Crippen molar-refractivity contribution in [1.29, 1.82) is 0 Å². The number of rotatable bonds is 7. The summed E-state index contributed by atoms with van der Waals surface area (Å²) >= 11 is 0. The van der Waals surface area contributed by atoms with Crippen LogP contribution < -0.4 is 5.32 Å². The number of carboxylic acid groups (broad SMARTS) is 1. The summed E-state index contributed by atoms with van der Waals surface area (Å²) in [6, 6.07) is -0.663. The van der Waals surface area contributed by atoms with Crippen molar-refractivity contribution in [2.24, 2.45) is 11.3 Å². The molecule has 0 heterocycles. The lowest BCUT2D eigenvalue weighted by Gasteiger charge is -2.28. The van der Waals surface area contributed by atoms with Gasteiger partial charge in [0.1, 0.15) is 6.04 Å². The molecule has 6 heteroatoms. The SMILES string of the molecule is CC(C)CN(CCC(=O)O)C(=O)C(C)NC(=O)C(C)(C)C. The van der Waals surface area contributed by atoms with Crippen LogP contribution in [0.25, 0.3) is 0 Å². The Bertz CT molecular complexity index is 386. The zero-order valence-electron chi connectivity index (χ0n) is 13.9. The number of hydrogen-bond donors (Lipinski definition) is 2. The molecule has 0 aromatic carbocycles. The van der Waals surface area contributed by atoms with Crippen LogP contribution in [0, 0.1) is 11.3 Å². The standard InChI is InChI=1S/C15H28N2O4/c1-10(2)9-17(8-7-12(18)19)13(20)11(3)16-14(21)15(4,5)6/h10-11H,7-9H2,1-6H3,(H,16,21)(H,18,19). The van der Waals surface area contributed by atoms with Crippen molar-refractivity contribution in [3.05, 3.63) is 0 Å². The van der Waals surface area contributed by atoms with Gasteiger partial charge >= 0.3 is 5.97 Å². The van der Waals surface area contributed by atoms with E-state index >= 15 is 0 Å². The summed E-state index contributed by atoms with van der Waals surface area (Å²) in [5.74, 6) is -1.16. The number of carbonyl (C=O) groups excluding carboxylic acids is 2. The first-order chi connectivity index (χ1) is 9.45. The van der Waals surface area contributed by atoms with Gasteiger partial charge in [-0.2, -0.15) is 0 Å². The van der Waals surface area contributed by atoms with Crippen molar-refractivity contribution >= 4 is 17.8 Å². The van der Waals surface area contributed by atoms with Crippen molar-refractivity contribution in [2.45, 2.75) is 54.0 Å². The van der Waals surface area contributed by atoms with Gasteiger partial charge in [0.2, 0.25) is 11.8 Å². The molecular weight excluding hydrogens is 272 g/mol. The Morgan fingerprint density at radius 3 is 2.05 bits per heavy atom. The maximum atomic E-state index is 12.4. The minimum absolute atomic E-state index is 0.0988. The predicted octanol–water partition coefficient (Wildman–Crippen LogP) is 1.50. The summed E-state index contributed by atoms with van der Waals surface area (Å²) in [7, 11) is 0. The molecule has 1 atom stereocenters. The van der Waals surface area contributed by atoms with E-state index in [-0.39, 0.29) is 30.7 Å². The highest BCUT2D eigenvalue weighted by Gasteiger charge is 2.27. The third kappa shape index (κ3) is 7.68. The molecule has 21 heavy (non-hydrogen) atoms. The van der Waals surface area contributed by atoms with Gasteiger partial charge in [-0.25, -0.2) is 0 Å². The summed E-state index contributed by atoms with van der Waals surface area (Å²) in [5, 5.41) is 11.4. The maximum Gasteiger partial charge on any atom is 0.305 e. The second-order valence-electron chi connectivity index (χ2n) is 6.77. The number of hydrogen-bond acceptors (Lipinski definition) is 3. The first-order valence-electron chi connectivity index (χ1n) is 7.26. The van der Waals surface area contributed by atoms with Crippen molar-refractivity contribution in [1.82, 2.24) is 10.2 Å². The molecule has 0 aromatic rings. The van der Waals surface area contributed by atoms with Gasteiger partial charge in [0.25, 0.3) is 0 Å². The lowest BCUT2D eigenvalue weighted by molar-refractivity contribution is -0.141. The van der Waals surface area contributed by atoms with Crippen LogP contribution in [-0.4, -0.2) is 46.9 Å². The van der Waals surface area contributed by atoms with E-state index in [4.69, 9.17) is 5.11 Å². The highest BCUT2D eigenvalue weighted by molar-refractivity contribution is 5.89. The Labute approximate surface area is 126 Å². The lowest BCUT2D eigenvalue weighted by atomic mass is 9.95. The molecular formula is C15H28N2O4. The van der Waals surface area contributed by atoms with E-state index in [2.05, 4.69) is 5.32 Å². The van der Waals surface area contributed by atoms with Gasteiger partial charge < -0.3 is 15.3 Å². The molecule has 6 nitrogen and oxygen atoms in total. The van der Waals surface area contributed by atoms with Crippen LogP contribution in [0.2, 0.25) is 0 Å². The minimum Gasteiger partial charge on any atom is -0.481 e. The number of nitrogens with one attached hydrogen (secondary N) is 1. The third-order valence-electron chi connectivity index (χ3n) is 2.89. The third-order valence-corrected chi connectivity index (χ3v) is 2.89. The Morgan fingerprint density at radius 1 is 1.14 bits per heavy atom. The van der Waals surface area contributed by atoms with Gasteiger partial charge in [0, 0.05) is 18.5 Å². The van der Waals surface area contributed by atoms with E-state index in [9.17, 15) is 14.4 Å². The van der Waals surface area contributed by atoms with E-state index < -0.39 is 17.4 Å². The summed E-state index contributed by atoms with van der Waals surface area (Å²) in [4.78, 5) is 36.5. The smallest absolute Gasteiger partial charge is 0.305 e. The van der Waals surface area contributed by atoms with Gasteiger partial charge in [-0.05, 0) is 12.8 Å². The summed E-state index contributed by atoms with van der Waals surface area (Å²) in [6.45, 7) is 11.5. The molecule has 0 aromatic heterocycles. The molecule has 0 saturated carbocycles. The number of aliphatic carboxylic acids is 1. The van der Waals surface area contributed by atoms with E-state index in [1.807, 2.05) is 13.8 Å². The second-order valence-corrected chi connectivity index (χ2v) is 6.77. The van der Waals surface area contributed by atoms with Crippen molar-refractivity contribution in [2.75, 3.05) is 13.1 Å². The molecule has 0 fully saturated rings. The zero-order valence-corrected chi connectivity index (χ0v) is 13.9. The van der Waals surface area contributed by atoms with Crippen molar-refractivity contribution in [3.8, 4) is 0 Å². The van der Waals surface area contributed by atoms with E-state index in [1.54, 1.807) is 27.7 Å². The summed E-state index contributed by atoms with van der Waals surface area (Å²) < 4.78 is 0. The molecule has 1 unspecified atom stereocenters. The van der Waals surface area contributed by atoms with Gasteiger partial charge in [0.15, 0.2) is 0 Å². The van der Waals surface area contributed by atoms with E-state index in [0.717, 1.165) is 0 Å². The fourth-order valence-corrected chi connectivity index (χ4v) is 1.71. The second kappa shape index (κ2) is 8.00. The van der Waals surface area contributed by atoms with Crippen LogP contribution in [-0.2, 0) is 14.4 Å². The van der Waals surface area contributed by atoms with Crippen LogP contribution in [0.1, 0.15) is 48.0 Å². The highest BCUT2D eigenvalue weighted by atomic mass is 16.4. The molecule has 0 rings (SSSR count). The summed E-state index contributed by atoms with van der Waals surface area (Å²) in [6.07, 6.45) is -0.0988. The van der Waals surface area contributed by atoms with E-state index in [1.165, 1.54) is 4.90 Å². The Kier molecular flexibility index (Phi) is 7.39. The lowest BCUT2D eigenvalue weighted by Crippen LogP contribution is -2.50. The van der Waals surface area contributed by atoms with Crippen molar-refractivity contribution in [3.63, 3.8) is 0 Å². The predicted molar refractivity (Wildman–Crippen MR) is 80.7 cm³/mol. The molecule has 2 N–H and O–H groups in total. The van der Waals surface area contributed by atoms with Gasteiger partial charge in [0.05, 0.1) is 6.42 Å². The zero-order chi connectivity index (χ0) is 16.8. The fourth-order valence-electron chi connectivity index (χ4n) is 1.71. The first kappa shape index (κ1) is 19.4. The van der Waals surface area contributed by atoms with Crippen molar-refractivity contribution < 1.29 is 19.5 Å². The highest BCUT2D eigenvalue weighted by Crippen LogP contribution is 2.13. The number of amides is 2. The van der Waals surface area contributed by atoms with Crippen LogP contribution in [0.4, 0.5) is 0 Å². The molecule has 0 aliphatic carbocycles.